The van der Waals surface area contributed by atoms with Crippen molar-refractivity contribution in [2.24, 2.45) is 0 Å². The van der Waals surface area contributed by atoms with Crippen LogP contribution in [0, 0.1) is 11.3 Å². The molecule has 0 amide bonds. The minimum Gasteiger partial charge on any atom is -0.494 e. The zero-order valence-corrected chi connectivity index (χ0v) is 18.8. The number of pyridine rings is 1. The number of aromatic nitrogens is 1. The van der Waals surface area contributed by atoms with E-state index in [4.69, 9.17) is 16.3 Å². The highest BCUT2D eigenvalue weighted by atomic mass is 35.5. The van der Waals surface area contributed by atoms with Gasteiger partial charge < -0.3 is 4.74 Å². The van der Waals surface area contributed by atoms with E-state index in [1.165, 1.54) is 0 Å². The Hall–Kier alpha value is -2.69. The topological polar surface area (TPSA) is 45.9 Å². The van der Waals surface area contributed by atoms with Crippen LogP contribution in [0.1, 0.15) is 36.5 Å². The van der Waals surface area contributed by atoms with Gasteiger partial charge in [0.05, 0.1) is 23.4 Å². The van der Waals surface area contributed by atoms with Gasteiger partial charge in [0.15, 0.2) is 0 Å². The first-order chi connectivity index (χ1) is 15.3. The van der Waals surface area contributed by atoms with Crippen LogP contribution in [-0.4, -0.2) is 11.6 Å². The Kier molecular flexibility index (Phi) is 8.05. The number of nitrogens with zero attached hydrogens (tertiary/aromatic N) is 2. The van der Waals surface area contributed by atoms with Crippen molar-refractivity contribution in [3.8, 4) is 23.1 Å². The number of thioether (sulfide) groups is 1. The van der Waals surface area contributed by atoms with E-state index in [-0.39, 0.29) is 16.5 Å². The van der Waals surface area contributed by atoms with Gasteiger partial charge in [-0.3, -0.25) is 0 Å². The van der Waals surface area contributed by atoms with Crippen molar-refractivity contribution < 1.29 is 17.9 Å². The molecule has 0 aliphatic heterocycles. The van der Waals surface area contributed by atoms with E-state index >= 15 is 0 Å². The van der Waals surface area contributed by atoms with Gasteiger partial charge in [-0.25, -0.2) is 4.98 Å². The Morgan fingerprint density at radius 1 is 1.12 bits per heavy atom. The highest BCUT2D eigenvalue weighted by Gasteiger charge is 2.36. The fourth-order valence-corrected chi connectivity index (χ4v) is 4.21. The lowest BCUT2D eigenvalue weighted by Gasteiger charge is -2.15. The molecule has 8 heteroatoms. The summed E-state index contributed by atoms with van der Waals surface area (Å²) < 4.78 is 46.9. The van der Waals surface area contributed by atoms with Crippen molar-refractivity contribution in [3.05, 3.63) is 76.3 Å². The molecule has 3 nitrogen and oxygen atoms in total. The molecule has 0 aliphatic carbocycles. The van der Waals surface area contributed by atoms with Gasteiger partial charge >= 0.3 is 6.18 Å². The standard InChI is InChI=1S/C24H20ClF3N2OS/c1-2-3-12-31-18-10-8-16(9-11-18)22-13-20(24(26,27)28)19(14-29)23(30-22)32-15-17-6-4-5-7-21(17)25/h4-11,13H,2-3,12,15H2,1H3. The zero-order valence-electron chi connectivity index (χ0n) is 17.2. The smallest absolute Gasteiger partial charge is 0.417 e. The highest BCUT2D eigenvalue weighted by molar-refractivity contribution is 7.98. The molecule has 0 fully saturated rings. The molecule has 2 aromatic carbocycles. The predicted molar refractivity (Wildman–Crippen MR) is 121 cm³/mol. The molecule has 0 unspecified atom stereocenters. The first kappa shape index (κ1) is 24.0. The summed E-state index contributed by atoms with van der Waals surface area (Å²) in [7, 11) is 0. The van der Waals surface area contributed by atoms with E-state index < -0.39 is 17.3 Å². The van der Waals surface area contributed by atoms with Crippen molar-refractivity contribution in [3.63, 3.8) is 0 Å². The van der Waals surface area contributed by atoms with Gasteiger partial charge in [-0.1, -0.05) is 43.1 Å². The van der Waals surface area contributed by atoms with E-state index in [0.29, 0.717) is 22.9 Å². The third-order valence-corrected chi connectivity index (χ3v) is 6.04. The molecule has 1 heterocycles. The van der Waals surface area contributed by atoms with Crippen LogP contribution in [0.4, 0.5) is 13.2 Å². The number of benzene rings is 2. The number of unbranched alkanes of at least 4 members (excludes halogenated alkanes) is 1. The van der Waals surface area contributed by atoms with E-state index in [9.17, 15) is 18.4 Å². The maximum Gasteiger partial charge on any atom is 0.417 e. The lowest BCUT2D eigenvalue weighted by molar-refractivity contribution is -0.138. The minimum atomic E-state index is -4.69. The Bertz CT molecular complexity index is 1110. The SMILES string of the molecule is CCCCOc1ccc(-c2cc(C(F)(F)F)c(C#N)c(SCc3ccccc3Cl)n2)cc1. The third-order valence-electron chi connectivity index (χ3n) is 4.64. The van der Waals surface area contributed by atoms with E-state index in [1.807, 2.05) is 0 Å². The maximum atomic E-state index is 13.7. The largest absolute Gasteiger partial charge is 0.494 e. The summed E-state index contributed by atoms with van der Waals surface area (Å²) in [4.78, 5) is 4.39. The molecule has 0 N–H and O–H groups in total. The van der Waals surface area contributed by atoms with Crippen LogP contribution < -0.4 is 4.74 Å². The second-order valence-electron chi connectivity index (χ2n) is 6.95. The number of halogens is 4. The normalized spacial score (nSPS) is 11.2. The summed E-state index contributed by atoms with van der Waals surface area (Å²) in [5.41, 5.74) is -0.106. The molecule has 0 spiro atoms. The monoisotopic (exact) mass is 476 g/mol. The third kappa shape index (κ3) is 5.96. The van der Waals surface area contributed by atoms with Crippen molar-refractivity contribution in [2.75, 3.05) is 6.61 Å². The van der Waals surface area contributed by atoms with Crippen LogP contribution in [-0.2, 0) is 11.9 Å². The zero-order chi connectivity index (χ0) is 23.1. The molecule has 0 atom stereocenters. The van der Waals surface area contributed by atoms with Gasteiger partial charge in [-0.15, -0.1) is 11.8 Å². The van der Waals surface area contributed by atoms with Crippen LogP contribution in [0.3, 0.4) is 0 Å². The van der Waals surface area contributed by atoms with Crippen LogP contribution in [0.15, 0.2) is 59.6 Å². The Balaban J connectivity index is 1.97. The van der Waals surface area contributed by atoms with E-state index in [0.717, 1.165) is 36.2 Å². The molecule has 32 heavy (non-hydrogen) atoms. The Morgan fingerprint density at radius 3 is 2.47 bits per heavy atom. The van der Waals surface area contributed by atoms with Gasteiger partial charge in [0, 0.05) is 16.3 Å². The molecular weight excluding hydrogens is 457 g/mol. The first-order valence-corrected chi connectivity index (χ1v) is 11.3. The highest BCUT2D eigenvalue weighted by Crippen LogP contribution is 2.39. The van der Waals surface area contributed by atoms with Gasteiger partial charge in [-0.2, -0.15) is 18.4 Å². The minimum absolute atomic E-state index is 0.0144. The number of hydrogen-bond acceptors (Lipinski definition) is 4. The number of hydrogen-bond donors (Lipinski definition) is 0. The first-order valence-electron chi connectivity index (χ1n) is 9.95. The molecular formula is C24H20ClF3N2OS. The fourth-order valence-electron chi connectivity index (χ4n) is 2.92. The number of rotatable bonds is 8. The average Bonchev–Trinajstić information content (AvgIpc) is 2.78. The molecule has 166 valence electrons. The molecule has 0 bridgehead atoms. The lowest BCUT2D eigenvalue weighted by Crippen LogP contribution is -2.10. The van der Waals surface area contributed by atoms with Crippen molar-refractivity contribution in [1.29, 1.82) is 5.26 Å². The quantitative estimate of drug-likeness (QED) is 0.246. The van der Waals surface area contributed by atoms with Gasteiger partial charge in [-0.05, 0) is 48.4 Å². The van der Waals surface area contributed by atoms with Crippen LogP contribution in [0.25, 0.3) is 11.3 Å². The Morgan fingerprint density at radius 2 is 1.84 bits per heavy atom. The summed E-state index contributed by atoms with van der Waals surface area (Å²) in [6.45, 7) is 2.63. The maximum absolute atomic E-state index is 13.7. The summed E-state index contributed by atoms with van der Waals surface area (Å²) in [5.74, 6) is 0.923. The summed E-state index contributed by atoms with van der Waals surface area (Å²) in [6.07, 6.45) is -2.77. The van der Waals surface area contributed by atoms with Crippen molar-refractivity contribution in [2.45, 2.75) is 36.7 Å². The van der Waals surface area contributed by atoms with Gasteiger partial charge in [0.2, 0.25) is 0 Å². The van der Waals surface area contributed by atoms with E-state index in [2.05, 4.69) is 11.9 Å². The van der Waals surface area contributed by atoms with E-state index in [1.54, 1.807) is 54.6 Å². The van der Waals surface area contributed by atoms with Crippen LogP contribution >= 0.6 is 23.4 Å². The molecule has 3 rings (SSSR count). The number of nitriles is 1. The number of ether oxygens (including phenoxy) is 1. The van der Waals surface area contributed by atoms with Crippen molar-refractivity contribution >= 4 is 23.4 Å². The molecule has 1 aromatic heterocycles. The average molecular weight is 477 g/mol. The molecule has 0 saturated heterocycles. The Labute approximate surface area is 194 Å². The summed E-state index contributed by atoms with van der Waals surface area (Å²) in [6, 6.07) is 16.4. The second kappa shape index (κ2) is 10.8. The van der Waals surface area contributed by atoms with Crippen molar-refractivity contribution in [1.82, 2.24) is 4.98 Å². The summed E-state index contributed by atoms with van der Waals surface area (Å²) >= 11 is 7.22. The van der Waals surface area contributed by atoms with Crippen LogP contribution in [0.5, 0.6) is 5.75 Å². The molecule has 3 aromatic rings. The van der Waals surface area contributed by atoms with Crippen LogP contribution in [0.2, 0.25) is 5.02 Å². The summed E-state index contributed by atoms with van der Waals surface area (Å²) in [5, 5.41) is 9.99. The van der Waals surface area contributed by atoms with Gasteiger partial charge in [0.1, 0.15) is 16.8 Å². The number of alkyl halides is 3. The molecule has 0 radical (unpaired) electrons. The van der Waals surface area contributed by atoms with Gasteiger partial charge in [0.25, 0.3) is 0 Å². The second-order valence-corrected chi connectivity index (χ2v) is 8.32. The fraction of sp³-hybridized carbons (Fsp3) is 0.250. The molecule has 0 aliphatic rings. The predicted octanol–water partition coefficient (Wildman–Crippen LogP) is 7.76. The lowest BCUT2D eigenvalue weighted by atomic mass is 10.1. The molecule has 0 saturated carbocycles.